The third kappa shape index (κ3) is 4.42. The molecule has 0 aliphatic carbocycles. The maximum atomic E-state index is 5.93. The fraction of sp³-hybridized carbons (Fsp3) is 0.182. The second kappa shape index (κ2) is 7.14. The molecule has 0 saturated carbocycles. The van der Waals surface area contributed by atoms with Crippen molar-refractivity contribution in [2.24, 2.45) is 0 Å². The minimum atomic E-state index is -0.141. The van der Waals surface area contributed by atoms with Gasteiger partial charge in [-0.05, 0) is 61.2 Å². The van der Waals surface area contributed by atoms with Gasteiger partial charge in [0.15, 0.2) is 0 Å². The Morgan fingerprint density at radius 2 is 1.21 bits per heavy atom. The standard InChI is InChI=1S/C22H22OS/c1-22(2,24)19-10-14-21(15-11-19)23-20-12-8-18(9-13-20)16-17-6-4-3-5-7-17/h3-15,24H,16H2,1-2H3. The van der Waals surface area contributed by atoms with Crippen LogP contribution in [0.15, 0.2) is 78.9 Å². The highest BCUT2D eigenvalue weighted by Crippen LogP contribution is 2.30. The molecule has 0 spiro atoms. The first-order valence-corrected chi connectivity index (χ1v) is 8.59. The predicted octanol–water partition coefficient (Wildman–Crippen LogP) is 6.23. The minimum Gasteiger partial charge on any atom is -0.457 e. The first-order chi connectivity index (χ1) is 11.5. The monoisotopic (exact) mass is 334 g/mol. The van der Waals surface area contributed by atoms with E-state index in [9.17, 15) is 0 Å². The Hall–Kier alpha value is -2.19. The van der Waals surface area contributed by atoms with Crippen LogP contribution in [0.25, 0.3) is 0 Å². The fourth-order valence-electron chi connectivity index (χ4n) is 2.57. The van der Waals surface area contributed by atoms with E-state index in [0.717, 1.165) is 17.9 Å². The Labute approximate surface area is 149 Å². The number of hydrogen-bond donors (Lipinski definition) is 1. The highest BCUT2D eigenvalue weighted by Gasteiger charge is 2.14. The van der Waals surface area contributed by atoms with Gasteiger partial charge in [0.05, 0.1) is 0 Å². The largest absolute Gasteiger partial charge is 0.457 e. The molecule has 0 fully saturated rings. The third-order valence-corrected chi connectivity index (χ3v) is 4.23. The van der Waals surface area contributed by atoms with E-state index in [1.54, 1.807) is 0 Å². The first-order valence-electron chi connectivity index (χ1n) is 8.14. The van der Waals surface area contributed by atoms with Crippen molar-refractivity contribution >= 4 is 12.6 Å². The smallest absolute Gasteiger partial charge is 0.127 e. The van der Waals surface area contributed by atoms with Crippen molar-refractivity contribution in [1.29, 1.82) is 0 Å². The van der Waals surface area contributed by atoms with Crippen LogP contribution in [-0.2, 0) is 11.2 Å². The summed E-state index contributed by atoms with van der Waals surface area (Å²) in [4.78, 5) is 0. The van der Waals surface area contributed by atoms with Gasteiger partial charge >= 0.3 is 0 Å². The quantitative estimate of drug-likeness (QED) is 0.544. The van der Waals surface area contributed by atoms with Gasteiger partial charge in [0, 0.05) is 4.75 Å². The summed E-state index contributed by atoms with van der Waals surface area (Å²) in [5, 5.41) is 0. The van der Waals surface area contributed by atoms with Gasteiger partial charge < -0.3 is 4.74 Å². The molecule has 0 bridgehead atoms. The number of ether oxygens (including phenoxy) is 1. The topological polar surface area (TPSA) is 9.23 Å². The molecule has 0 heterocycles. The van der Waals surface area contributed by atoms with Gasteiger partial charge in [0.25, 0.3) is 0 Å². The maximum Gasteiger partial charge on any atom is 0.127 e. The molecule has 0 amide bonds. The molecule has 0 saturated heterocycles. The Balaban J connectivity index is 1.66. The van der Waals surface area contributed by atoms with Crippen LogP contribution in [0.4, 0.5) is 0 Å². The van der Waals surface area contributed by atoms with Crippen LogP contribution in [-0.4, -0.2) is 0 Å². The molecular weight excluding hydrogens is 312 g/mol. The second-order valence-corrected chi connectivity index (χ2v) is 7.61. The summed E-state index contributed by atoms with van der Waals surface area (Å²) >= 11 is 4.59. The molecule has 0 unspecified atom stereocenters. The number of rotatable bonds is 5. The molecule has 3 rings (SSSR count). The zero-order valence-corrected chi connectivity index (χ0v) is 15.0. The lowest BCUT2D eigenvalue weighted by molar-refractivity contribution is 0.482. The van der Waals surface area contributed by atoms with Crippen molar-refractivity contribution in [2.75, 3.05) is 0 Å². The lowest BCUT2D eigenvalue weighted by Gasteiger charge is -2.18. The Morgan fingerprint density at radius 1 is 0.708 bits per heavy atom. The maximum absolute atomic E-state index is 5.93. The number of thiol groups is 1. The first kappa shape index (κ1) is 16.7. The third-order valence-electron chi connectivity index (χ3n) is 3.97. The SMILES string of the molecule is CC(C)(S)c1ccc(Oc2ccc(Cc3ccccc3)cc2)cc1. The van der Waals surface area contributed by atoms with Gasteiger partial charge in [-0.1, -0.05) is 54.6 Å². The molecule has 24 heavy (non-hydrogen) atoms. The van der Waals surface area contributed by atoms with Crippen molar-refractivity contribution in [1.82, 2.24) is 0 Å². The van der Waals surface area contributed by atoms with Crippen LogP contribution < -0.4 is 4.74 Å². The van der Waals surface area contributed by atoms with Crippen molar-refractivity contribution in [3.8, 4) is 11.5 Å². The Morgan fingerprint density at radius 3 is 1.75 bits per heavy atom. The van der Waals surface area contributed by atoms with E-state index in [-0.39, 0.29) is 4.75 Å². The van der Waals surface area contributed by atoms with Crippen LogP contribution in [0.1, 0.15) is 30.5 Å². The molecule has 0 aromatic heterocycles. The van der Waals surface area contributed by atoms with E-state index < -0.39 is 0 Å². The Kier molecular flexibility index (Phi) is 4.96. The molecule has 1 nitrogen and oxygen atoms in total. The predicted molar refractivity (Wildman–Crippen MR) is 104 cm³/mol. The average Bonchev–Trinajstić information content (AvgIpc) is 2.57. The highest BCUT2D eigenvalue weighted by molar-refractivity contribution is 7.81. The number of hydrogen-bond acceptors (Lipinski definition) is 2. The van der Waals surface area contributed by atoms with Gasteiger partial charge in [-0.25, -0.2) is 0 Å². The van der Waals surface area contributed by atoms with E-state index in [1.165, 1.54) is 16.7 Å². The lowest BCUT2D eigenvalue weighted by atomic mass is 10.0. The molecule has 3 aromatic carbocycles. The molecule has 0 aliphatic rings. The lowest BCUT2D eigenvalue weighted by Crippen LogP contribution is -2.06. The normalized spacial score (nSPS) is 11.3. The summed E-state index contributed by atoms with van der Waals surface area (Å²) < 4.78 is 5.79. The molecule has 122 valence electrons. The van der Waals surface area contributed by atoms with Crippen molar-refractivity contribution in [3.05, 3.63) is 95.6 Å². The van der Waals surface area contributed by atoms with Gasteiger partial charge in [0.1, 0.15) is 11.5 Å². The summed E-state index contributed by atoms with van der Waals surface area (Å²) in [6.45, 7) is 4.16. The molecule has 2 heteroatoms. The molecular formula is C22H22OS. The second-order valence-electron chi connectivity index (χ2n) is 6.49. The summed E-state index contributed by atoms with van der Waals surface area (Å²) in [6.07, 6.45) is 0.937. The van der Waals surface area contributed by atoms with E-state index in [4.69, 9.17) is 4.74 Å². The van der Waals surface area contributed by atoms with Crippen LogP contribution in [0.2, 0.25) is 0 Å². The Bertz CT molecular complexity index is 769. The van der Waals surface area contributed by atoms with E-state index >= 15 is 0 Å². The van der Waals surface area contributed by atoms with Crippen molar-refractivity contribution < 1.29 is 4.74 Å². The molecule has 0 atom stereocenters. The van der Waals surface area contributed by atoms with Gasteiger partial charge in [-0.15, -0.1) is 0 Å². The van der Waals surface area contributed by atoms with Crippen LogP contribution >= 0.6 is 12.6 Å². The number of benzene rings is 3. The van der Waals surface area contributed by atoms with Crippen LogP contribution in [0.5, 0.6) is 11.5 Å². The van der Waals surface area contributed by atoms with Crippen LogP contribution in [0, 0.1) is 0 Å². The average molecular weight is 334 g/mol. The zero-order valence-electron chi connectivity index (χ0n) is 14.1. The van der Waals surface area contributed by atoms with Gasteiger partial charge in [-0.2, -0.15) is 12.6 Å². The van der Waals surface area contributed by atoms with Gasteiger partial charge in [-0.3, -0.25) is 0 Å². The highest BCUT2D eigenvalue weighted by atomic mass is 32.1. The van der Waals surface area contributed by atoms with Gasteiger partial charge in [0.2, 0.25) is 0 Å². The zero-order chi connectivity index (χ0) is 17.0. The molecule has 0 aliphatic heterocycles. The van der Waals surface area contributed by atoms with Crippen molar-refractivity contribution in [2.45, 2.75) is 25.0 Å². The van der Waals surface area contributed by atoms with Crippen molar-refractivity contribution in [3.63, 3.8) is 0 Å². The fourth-order valence-corrected chi connectivity index (χ4v) is 2.72. The molecule has 0 N–H and O–H groups in total. The van der Waals surface area contributed by atoms with Crippen LogP contribution in [0.3, 0.4) is 0 Å². The summed E-state index contributed by atoms with van der Waals surface area (Å²) in [6, 6.07) is 26.9. The minimum absolute atomic E-state index is 0.141. The van der Waals surface area contributed by atoms with E-state index in [0.29, 0.717) is 0 Å². The summed E-state index contributed by atoms with van der Waals surface area (Å²) in [5.74, 6) is 1.69. The summed E-state index contributed by atoms with van der Waals surface area (Å²) in [5.41, 5.74) is 3.77. The molecule has 3 aromatic rings. The van der Waals surface area contributed by atoms with E-state index in [1.807, 2.05) is 30.3 Å². The molecule has 0 radical (unpaired) electrons. The summed E-state index contributed by atoms with van der Waals surface area (Å²) in [7, 11) is 0. The van der Waals surface area contributed by atoms with E-state index in [2.05, 4.69) is 75.0 Å².